The molecular weight excluding hydrogens is 316 g/mol. The smallest absolute Gasteiger partial charge is 0.343 e. The van der Waals surface area contributed by atoms with Crippen LogP contribution < -0.4 is 0 Å². The predicted molar refractivity (Wildman–Crippen MR) is 102 cm³/mol. The third-order valence-corrected chi connectivity index (χ3v) is 5.72. The maximum Gasteiger partial charge on any atom is 0.343 e. The minimum Gasteiger partial charge on any atom is -0.465 e. The van der Waals surface area contributed by atoms with Gasteiger partial charge in [0.15, 0.2) is 9.79 Å². The van der Waals surface area contributed by atoms with Crippen LogP contribution in [0.3, 0.4) is 0 Å². The van der Waals surface area contributed by atoms with Crippen molar-refractivity contribution in [1.29, 1.82) is 0 Å². The van der Waals surface area contributed by atoms with E-state index in [0.29, 0.717) is 11.5 Å². The number of allylic oxidation sites excluding steroid dienone is 2. The van der Waals surface area contributed by atoms with Gasteiger partial charge in [-0.05, 0) is 41.8 Å². The molecule has 2 rings (SSSR count). The zero-order chi connectivity index (χ0) is 17.5. The molecular formula is C21H23O2S+. The van der Waals surface area contributed by atoms with Gasteiger partial charge >= 0.3 is 5.97 Å². The lowest BCUT2D eigenvalue weighted by molar-refractivity contribution is 0.0596. The van der Waals surface area contributed by atoms with E-state index in [1.807, 2.05) is 30.3 Å². The Bertz CT molecular complexity index is 730. The summed E-state index contributed by atoms with van der Waals surface area (Å²) in [6.45, 7) is 8.12. The molecule has 0 saturated carbocycles. The van der Waals surface area contributed by atoms with Gasteiger partial charge in [0.25, 0.3) is 0 Å². The van der Waals surface area contributed by atoms with Crippen molar-refractivity contribution in [1.82, 2.24) is 0 Å². The fourth-order valence-electron chi connectivity index (χ4n) is 2.35. The van der Waals surface area contributed by atoms with Crippen molar-refractivity contribution in [2.75, 3.05) is 7.11 Å². The molecule has 0 amide bonds. The molecule has 0 N–H and O–H groups in total. The number of rotatable bonds is 6. The number of hydrogen-bond acceptors (Lipinski definition) is 2. The number of carbonyl (C=O) groups is 1. The van der Waals surface area contributed by atoms with E-state index in [9.17, 15) is 4.79 Å². The summed E-state index contributed by atoms with van der Waals surface area (Å²) in [7, 11) is 1.05. The number of benzene rings is 2. The maximum atomic E-state index is 12.1. The van der Waals surface area contributed by atoms with E-state index in [0.717, 1.165) is 9.79 Å². The van der Waals surface area contributed by atoms with Gasteiger partial charge in [0, 0.05) is 0 Å². The Labute approximate surface area is 147 Å². The first kappa shape index (κ1) is 18.1. The molecule has 2 nitrogen and oxygen atoms in total. The zero-order valence-electron chi connectivity index (χ0n) is 14.4. The first-order valence-corrected chi connectivity index (χ1v) is 9.17. The highest BCUT2D eigenvalue weighted by atomic mass is 32.2. The zero-order valence-corrected chi connectivity index (χ0v) is 15.2. The van der Waals surface area contributed by atoms with E-state index in [-0.39, 0.29) is 16.9 Å². The van der Waals surface area contributed by atoms with Crippen molar-refractivity contribution in [3.8, 4) is 0 Å². The lowest BCUT2D eigenvalue weighted by Gasteiger charge is -2.09. The summed E-state index contributed by atoms with van der Waals surface area (Å²) < 4.78 is 4.94. The standard InChI is InChI=1S/C21H23O2S/c1-5-6-15-24(18-13-11-17(12-14-18)16(2)3)20-10-8-7-9-19(20)21(22)23-4/h5-16H,1H2,2-4H3/q+1/b15-6+. The highest BCUT2D eigenvalue weighted by Crippen LogP contribution is 2.29. The number of methoxy groups -OCH3 is 1. The molecule has 0 aromatic heterocycles. The van der Waals surface area contributed by atoms with E-state index in [2.05, 4.69) is 50.1 Å². The summed E-state index contributed by atoms with van der Waals surface area (Å²) in [6, 6.07) is 16.2. The van der Waals surface area contributed by atoms with E-state index in [1.54, 1.807) is 6.08 Å². The van der Waals surface area contributed by atoms with Crippen LogP contribution in [0.15, 0.2) is 82.5 Å². The van der Waals surface area contributed by atoms with Crippen molar-refractivity contribution < 1.29 is 9.53 Å². The maximum absolute atomic E-state index is 12.1. The van der Waals surface area contributed by atoms with Gasteiger partial charge in [-0.3, -0.25) is 0 Å². The monoisotopic (exact) mass is 339 g/mol. The Morgan fingerprint density at radius 3 is 2.38 bits per heavy atom. The van der Waals surface area contributed by atoms with Gasteiger partial charge in [0.05, 0.1) is 18.0 Å². The van der Waals surface area contributed by atoms with Crippen molar-refractivity contribution in [2.45, 2.75) is 29.6 Å². The molecule has 0 bridgehead atoms. The third-order valence-electron chi connectivity index (χ3n) is 3.68. The van der Waals surface area contributed by atoms with Crippen LogP contribution in [0.25, 0.3) is 0 Å². The summed E-state index contributed by atoms with van der Waals surface area (Å²) in [5.41, 5.74) is 1.90. The highest BCUT2D eigenvalue weighted by molar-refractivity contribution is 7.99. The van der Waals surface area contributed by atoms with Gasteiger partial charge in [-0.25, -0.2) is 4.79 Å². The Kier molecular flexibility index (Phi) is 6.44. The topological polar surface area (TPSA) is 26.3 Å². The molecule has 0 heterocycles. The van der Waals surface area contributed by atoms with Gasteiger partial charge in [-0.1, -0.05) is 50.8 Å². The minimum absolute atomic E-state index is 0.311. The fraction of sp³-hybridized carbons (Fsp3) is 0.190. The van der Waals surface area contributed by atoms with Gasteiger partial charge in [-0.2, -0.15) is 0 Å². The van der Waals surface area contributed by atoms with E-state index in [1.165, 1.54) is 12.7 Å². The number of hydrogen-bond donors (Lipinski definition) is 0. The van der Waals surface area contributed by atoms with Crippen LogP contribution in [0.5, 0.6) is 0 Å². The molecule has 0 saturated heterocycles. The predicted octanol–water partition coefficient (Wildman–Crippen LogP) is 5.33. The van der Waals surface area contributed by atoms with Crippen LogP contribution in [0, 0.1) is 0 Å². The lowest BCUT2D eigenvalue weighted by Crippen LogP contribution is -2.10. The van der Waals surface area contributed by atoms with Crippen molar-refractivity contribution in [3.63, 3.8) is 0 Å². The third kappa shape index (κ3) is 4.18. The largest absolute Gasteiger partial charge is 0.465 e. The molecule has 2 aromatic carbocycles. The molecule has 0 aliphatic carbocycles. The van der Waals surface area contributed by atoms with Crippen LogP contribution in [0.4, 0.5) is 0 Å². The molecule has 1 unspecified atom stereocenters. The summed E-state index contributed by atoms with van der Waals surface area (Å²) in [4.78, 5) is 14.2. The Hall–Kier alpha value is -2.26. The van der Waals surface area contributed by atoms with Crippen molar-refractivity contribution in [3.05, 3.63) is 83.8 Å². The molecule has 0 spiro atoms. The SMILES string of the molecule is C=C/C=C/[S+](c1ccc(C(C)C)cc1)c1ccccc1C(=O)OC. The lowest BCUT2D eigenvalue weighted by atomic mass is 10.0. The molecule has 0 aliphatic heterocycles. The Morgan fingerprint density at radius 1 is 1.12 bits per heavy atom. The number of esters is 1. The molecule has 24 heavy (non-hydrogen) atoms. The second kappa shape index (κ2) is 8.55. The van der Waals surface area contributed by atoms with Gasteiger partial charge in [-0.15, -0.1) is 0 Å². The van der Waals surface area contributed by atoms with Crippen LogP contribution in [0.2, 0.25) is 0 Å². The van der Waals surface area contributed by atoms with Crippen molar-refractivity contribution in [2.24, 2.45) is 0 Å². The van der Waals surface area contributed by atoms with Crippen LogP contribution in [0.1, 0.15) is 35.7 Å². The molecule has 3 heteroatoms. The quantitative estimate of drug-likeness (QED) is 0.404. The van der Waals surface area contributed by atoms with Gasteiger partial charge in [0.2, 0.25) is 0 Å². The van der Waals surface area contributed by atoms with E-state index in [4.69, 9.17) is 4.74 Å². The summed E-state index contributed by atoms with van der Waals surface area (Å²) in [5, 5.41) is 2.08. The average molecular weight is 339 g/mol. The fourth-order valence-corrected chi connectivity index (χ4v) is 4.22. The first-order chi connectivity index (χ1) is 11.6. The number of carbonyl (C=O) groups excluding carboxylic acids is 1. The van der Waals surface area contributed by atoms with E-state index >= 15 is 0 Å². The summed E-state index contributed by atoms with van der Waals surface area (Å²) in [5.74, 6) is 0.181. The second-order valence-electron chi connectivity index (χ2n) is 5.61. The minimum atomic E-state index is -0.359. The molecule has 0 fully saturated rings. The molecule has 2 aromatic rings. The van der Waals surface area contributed by atoms with Gasteiger partial charge in [0.1, 0.15) is 11.0 Å². The van der Waals surface area contributed by atoms with E-state index < -0.39 is 0 Å². The van der Waals surface area contributed by atoms with Gasteiger partial charge < -0.3 is 4.74 Å². The summed E-state index contributed by atoms with van der Waals surface area (Å²) in [6.07, 6.45) is 3.68. The highest BCUT2D eigenvalue weighted by Gasteiger charge is 2.28. The second-order valence-corrected chi connectivity index (χ2v) is 7.47. The van der Waals surface area contributed by atoms with Crippen LogP contribution in [-0.4, -0.2) is 13.1 Å². The average Bonchev–Trinajstić information content (AvgIpc) is 2.62. The molecule has 1 atom stereocenters. The molecule has 0 aliphatic rings. The first-order valence-electron chi connectivity index (χ1n) is 7.88. The van der Waals surface area contributed by atoms with Crippen LogP contribution >= 0.6 is 0 Å². The number of ether oxygens (including phenoxy) is 1. The van der Waals surface area contributed by atoms with Crippen LogP contribution in [-0.2, 0) is 15.6 Å². The Morgan fingerprint density at radius 2 is 1.79 bits per heavy atom. The normalized spacial score (nSPS) is 12.3. The molecule has 124 valence electrons. The van der Waals surface area contributed by atoms with Crippen molar-refractivity contribution >= 4 is 16.9 Å². The Balaban J connectivity index is 2.52. The summed E-state index contributed by atoms with van der Waals surface area (Å²) >= 11 is 0. The molecule has 0 radical (unpaired) electrons.